The van der Waals surface area contributed by atoms with Gasteiger partial charge in [-0.15, -0.1) is 0 Å². The summed E-state index contributed by atoms with van der Waals surface area (Å²) in [7, 11) is 0. The van der Waals surface area contributed by atoms with Crippen molar-refractivity contribution in [3.05, 3.63) is 96.1 Å². The molecule has 0 fully saturated rings. The van der Waals surface area contributed by atoms with Crippen molar-refractivity contribution in [1.82, 2.24) is 15.1 Å². The van der Waals surface area contributed by atoms with Gasteiger partial charge < -0.3 is 14.7 Å². The minimum absolute atomic E-state index is 0.240. The third-order valence-electron chi connectivity index (χ3n) is 4.28. The molecule has 2 aromatic heterocycles. The van der Waals surface area contributed by atoms with E-state index < -0.39 is 0 Å². The van der Waals surface area contributed by atoms with Gasteiger partial charge in [0.05, 0.1) is 0 Å². The average molecular weight is 385 g/mol. The Balaban J connectivity index is 1.64. The van der Waals surface area contributed by atoms with E-state index in [0.29, 0.717) is 23.9 Å². The molecule has 0 aliphatic carbocycles. The first kappa shape index (κ1) is 18.4. The minimum atomic E-state index is -0.380. The molecule has 0 radical (unpaired) electrons. The Hall–Kier alpha value is -4.00. The number of nitrogens with zero attached hydrogens (tertiary/aromatic N) is 4. The summed E-state index contributed by atoms with van der Waals surface area (Å²) in [6.45, 7) is 2.36. The quantitative estimate of drug-likeness (QED) is 0.531. The van der Waals surface area contributed by atoms with Gasteiger partial charge in [-0.3, -0.25) is 4.79 Å². The van der Waals surface area contributed by atoms with Gasteiger partial charge in [0, 0.05) is 24.4 Å². The summed E-state index contributed by atoms with van der Waals surface area (Å²) in [4.78, 5) is 23.2. The van der Waals surface area contributed by atoms with E-state index in [1.807, 2.05) is 53.4 Å². The lowest BCUT2D eigenvalue weighted by molar-refractivity contribution is 0.102. The number of anilines is 3. The zero-order valence-electron chi connectivity index (χ0n) is 15.8. The number of aromatic nitrogens is 3. The van der Waals surface area contributed by atoms with Crippen molar-refractivity contribution in [3.8, 4) is 0 Å². The lowest BCUT2D eigenvalue weighted by Gasteiger charge is -2.24. The smallest absolute Gasteiger partial charge is 0.275 e. The molecule has 7 nitrogen and oxygen atoms in total. The highest BCUT2D eigenvalue weighted by Gasteiger charge is 2.16. The van der Waals surface area contributed by atoms with E-state index >= 15 is 0 Å². The fourth-order valence-electron chi connectivity index (χ4n) is 2.90. The molecular weight excluding hydrogens is 366 g/mol. The van der Waals surface area contributed by atoms with Gasteiger partial charge in [-0.2, -0.15) is 0 Å². The van der Waals surface area contributed by atoms with E-state index in [0.717, 1.165) is 11.3 Å². The van der Waals surface area contributed by atoms with Gasteiger partial charge in [0.2, 0.25) is 0 Å². The molecule has 4 rings (SSSR count). The van der Waals surface area contributed by atoms with Crippen LogP contribution in [0.4, 0.5) is 17.3 Å². The van der Waals surface area contributed by atoms with Crippen LogP contribution in [0.2, 0.25) is 0 Å². The summed E-state index contributed by atoms with van der Waals surface area (Å²) in [5.41, 5.74) is 2.33. The molecule has 0 unspecified atom stereocenters. The van der Waals surface area contributed by atoms with E-state index in [1.54, 1.807) is 19.1 Å². The Morgan fingerprint density at radius 1 is 1.00 bits per heavy atom. The van der Waals surface area contributed by atoms with Crippen molar-refractivity contribution in [2.75, 3.05) is 10.2 Å². The Morgan fingerprint density at radius 3 is 2.41 bits per heavy atom. The van der Waals surface area contributed by atoms with Gasteiger partial charge >= 0.3 is 0 Å². The third kappa shape index (κ3) is 4.47. The molecule has 144 valence electrons. The van der Waals surface area contributed by atoms with Crippen molar-refractivity contribution in [2.45, 2.75) is 13.5 Å². The van der Waals surface area contributed by atoms with Gasteiger partial charge in [-0.1, -0.05) is 53.7 Å². The Bertz CT molecular complexity index is 1100. The first-order chi connectivity index (χ1) is 14.2. The molecule has 2 heterocycles. The summed E-state index contributed by atoms with van der Waals surface area (Å²) in [5.74, 6) is 1.20. The van der Waals surface area contributed by atoms with Gasteiger partial charge in [0.1, 0.15) is 23.6 Å². The highest BCUT2D eigenvalue weighted by Crippen LogP contribution is 2.26. The first-order valence-electron chi connectivity index (χ1n) is 9.12. The number of hydrogen-bond donors (Lipinski definition) is 1. The lowest BCUT2D eigenvalue weighted by atomic mass is 10.2. The van der Waals surface area contributed by atoms with Crippen LogP contribution >= 0.6 is 0 Å². The number of rotatable bonds is 6. The molecule has 1 N–H and O–H groups in total. The second-order valence-electron chi connectivity index (χ2n) is 6.45. The van der Waals surface area contributed by atoms with E-state index in [-0.39, 0.29) is 11.6 Å². The number of amides is 1. The van der Waals surface area contributed by atoms with Crippen LogP contribution in [0.5, 0.6) is 0 Å². The molecule has 0 saturated carbocycles. The number of hydrogen-bond acceptors (Lipinski definition) is 6. The molecule has 0 spiro atoms. The molecule has 0 bridgehead atoms. The van der Waals surface area contributed by atoms with Crippen LogP contribution in [0.1, 0.15) is 21.8 Å². The maximum atomic E-state index is 12.6. The maximum absolute atomic E-state index is 12.6. The number of aryl methyl sites for hydroxylation is 1. The van der Waals surface area contributed by atoms with Gasteiger partial charge in [0.25, 0.3) is 5.91 Å². The summed E-state index contributed by atoms with van der Waals surface area (Å²) in [6, 6.07) is 23.3. The maximum Gasteiger partial charge on any atom is 0.275 e. The predicted molar refractivity (Wildman–Crippen MR) is 110 cm³/mol. The zero-order chi connectivity index (χ0) is 20.1. The predicted octanol–water partition coefficient (Wildman–Crippen LogP) is 4.36. The molecule has 0 aliphatic rings. The third-order valence-corrected chi connectivity index (χ3v) is 4.28. The van der Waals surface area contributed by atoms with Crippen LogP contribution in [0.3, 0.4) is 0 Å². The van der Waals surface area contributed by atoms with E-state index in [1.165, 1.54) is 6.33 Å². The van der Waals surface area contributed by atoms with Crippen molar-refractivity contribution in [2.24, 2.45) is 0 Å². The van der Waals surface area contributed by atoms with E-state index in [4.69, 9.17) is 4.52 Å². The van der Waals surface area contributed by atoms with Crippen molar-refractivity contribution in [3.63, 3.8) is 0 Å². The van der Waals surface area contributed by atoms with Crippen LogP contribution in [0, 0.1) is 6.92 Å². The van der Waals surface area contributed by atoms with Gasteiger partial charge in [0.15, 0.2) is 5.82 Å². The first-order valence-corrected chi connectivity index (χ1v) is 9.12. The topological polar surface area (TPSA) is 84.2 Å². The Kier molecular flexibility index (Phi) is 5.29. The molecule has 1 amide bonds. The van der Waals surface area contributed by atoms with Crippen LogP contribution in [0.15, 0.2) is 83.6 Å². The van der Waals surface area contributed by atoms with Gasteiger partial charge in [-0.05, 0) is 24.6 Å². The van der Waals surface area contributed by atoms with Crippen LogP contribution in [-0.4, -0.2) is 21.0 Å². The summed E-state index contributed by atoms with van der Waals surface area (Å²) >= 11 is 0. The highest BCUT2D eigenvalue weighted by atomic mass is 16.5. The SMILES string of the molecule is Cc1cc(NC(=O)c2cc(N(Cc3ccccc3)c3ccccc3)ncn2)no1. The number of benzene rings is 2. The van der Waals surface area contributed by atoms with Crippen molar-refractivity contribution >= 4 is 23.2 Å². The fraction of sp³-hybridized carbons (Fsp3) is 0.0909. The molecule has 2 aromatic carbocycles. The molecule has 0 saturated heterocycles. The lowest BCUT2D eigenvalue weighted by Crippen LogP contribution is -2.20. The summed E-state index contributed by atoms with van der Waals surface area (Å²) in [5, 5.41) is 6.46. The Morgan fingerprint density at radius 2 is 1.72 bits per heavy atom. The summed E-state index contributed by atoms with van der Waals surface area (Å²) < 4.78 is 4.98. The van der Waals surface area contributed by atoms with Crippen molar-refractivity contribution in [1.29, 1.82) is 0 Å². The number of para-hydroxylation sites is 1. The van der Waals surface area contributed by atoms with Crippen LogP contribution in [-0.2, 0) is 6.54 Å². The number of carbonyl (C=O) groups is 1. The van der Waals surface area contributed by atoms with E-state index in [2.05, 4.69) is 32.6 Å². The molecule has 0 aliphatic heterocycles. The van der Waals surface area contributed by atoms with Crippen LogP contribution in [0.25, 0.3) is 0 Å². The monoisotopic (exact) mass is 385 g/mol. The second-order valence-corrected chi connectivity index (χ2v) is 6.45. The van der Waals surface area contributed by atoms with E-state index in [9.17, 15) is 4.79 Å². The van der Waals surface area contributed by atoms with Gasteiger partial charge in [-0.25, -0.2) is 9.97 Å². The molecular formula is C22H19N5O2. The Labute approximate surface area is 168 Å². The minimum Gasteiger partial charge on any atom is -0.360 e. The highest BCUT2D eigenvalue weighted by molar-refractivity contribution is 6.02. The van der Waals surface area contributed by atoms with Crippen LogP contribution < -0.4 is 10.2 Å². The zero-order valence-corrected chi connectivity index (χ0v) is 15.8. The average Bonchev–Trinajstić information content (AvgIpc) is 3.18. The standard InChI is InChI=1S/C22H19N5O2/c1-16-12-20(26-29-16)25-22(28)19-13-21(24-15-23-19)27(18-10-6-3-7-11-18)14-17-8-4-2-5-9-17/h2-13,15H,14H2,1H3,(H,25,26,28). The molecule has 4 aromatic rings. The number of carbonyl (C=O) groups excluding carboxylic acids is 1. The fourth-order valence-corrected chi connectivity index (χ4v) is 2.90. The number of nitrogens with one attached hydrogen (secondary N) is 1. The largest absolute Gasteiger partial charge is 0.360 e. The van der Waals surface area contributed by atoms with Crippen molar-refractivity contribution < 1.29 is 9.32 Å². The second kappa shape index (κ2) is 8.35. The molecule has 7 heteroatoms. The normalized spacial score (nSPS) is 10.5. The molecule has 0 atom stereocenters. The summed E-state index contributed by atoms with van der Waals surface area (Å²) in [6.07, 6.45) is 1.39. The molecule has 29 heavy (non-hydrogen) atoms.